The fraction of sp³-hybridized carbons (Fsp3) is 0.625. The van der Waals surface area contributed by atoms with Crippen LogP contribution in [0.5, 0.6) is 0 Å². The predicted octanol–water partition coefficient (Wildman–Crippen LogP) is -0.643. The third-order valence-electron chi connectivity index (χ3n) is 4.54. The number of aromatic nitrogens is 4. The van der Waals surface area contributed by atoms with Crippen molar-refractivity contribution < 1.29 is 5.11 Å². The minimum Gasteiger partial charge on any atom is -0.389 e. The van der Waals surface area contributed by atoms with E-state index in [9.17, 15) is 14.7 Å². The van der Waals surface area contributed by atoms with Gasteiger partial charge in [-0.25, -0.2) is 9.78 Å². The van der Waals surface area contributed by atoms with E-state index in [-0.39, 0.29) is 6.54 Å². The van der Waals surface area contributed by atoms with Crippen LogP contribution in [0, 0.1) is 0 Å². The normalized spacial score (nSPS) is 16.5. The van der Waals surface area contributed by atoms with Gasteiger partial charge in [0.25, 0.3) is 5.56 Å². The first kappa shape index (κ1) is 17.4. The van der Waals surface area contributed by atoms with Crippen LogP contribution >= 0.6 is 0 Å². The Labute approximate surface area is 144 Å². The molecular weight excluding hydrogens is 324 g/mol. The zero-order chi connectivity index (χ0) is 18.0. The topological polar surface area (TPSA) is 106 Å². The fourth-order valence-corrected chi connectivity index (χ4v) is 3.08. The number of rotatable bonds is 4. The van der Waals surface area contributed by atoms with Gasteiger partial charge in [0.2, 0.25) is 0 Å². The summed E-state index contributed by atoms with van der Waals surface area (Å²) in [6.45, 7) is 1.39. The average Bonchev–Trinajstić information content (AvgIpc) is 2.83. The van der Waals surface area contributed by atoms with Crippen molar-refractivity contribution in [2.45, 2.75) is 38.3 Å². The van der Waals surface area contributed by atoms with Gasteiger partial charge in [0.15, 0.2) is 11.2 Å². The SMILES string of the molecule is Cn1c(=O)c2c(ncn2C[C@@H](O)CNC2=NCCCCC2)n(C)c1=O. The lowest BCUT2D eigenvalue weighted by Crippen LogP contribution is -2.38. The highest BCUT2D eigenvalue weighted by atomic mass is 16.3. The molecule has 1 aliphatic heterocycles. The number of imidazole rings is 1. The first-order chi connectivity index (χ1) is 12.0. The van der Waals surface area contributed by atoms with Gasteiger partial charge in [0.1, 0.15) is 0 Å². The van der Waals surface area contributed by atoms with Crippen molar-refractivity contribution >= 4 is 17.0 Å². The highest BCUT2D eigenvalue weighted by Crippen LogP contribution is 2.08. The van der Waals surface area contributed by atoms with Crippen LogP contribution in [0.4, 0.5) is 0 Å². The zero-order valence-corrected chi connectivity index (χ0v) is 14.6. The van der Waals surface area contributed by atoms with Crippen LogP contribution < -0.4 is 16.6 Å². The van der Waals surface area contributed by atoms with Crippen molar-refractivity contribution in [2.75, 3.05) is 13.1 Å². The number of aliphatic hydroxyl groups is 1. The van der Waals surface area contributed by atoms with Gasteiger partial charge in [-0.1, -0.05) is 6.42 Å². The second-order valence-electron chi connectivity index (χ2n) is 6.45. The van der Waals surface area contributed by atoms with E-state index in [1.807, 2.05) is 0 Å². The van der Waals surface area contributed by atoms with Crippen molar-refractivity contribution in [1.29, 1.82) is 0 Å². The minimum absolute atomic E-state index is 0.213. The molecule has 3 heterocycles. The van der Waals surface area contributed by atoms with Crippen molar-refractivity contribution in [2.24, 2.45) is 19.1 Å². The van der Waals surface area contributed by atoms with Gasteiger partial charge in [0.05, 0.1) is 24.8 Å². The van der Waals surface area contributed by atoms with Gasteiger partial charge in [0, 0.05) is 33.6 Å². The van der Waals surface area contributed by atoms with Crippen LogP contribution in [0.1, 0.15) is 25.7 Å². The maximum atomic E-state index is 12.4. The standard InChI is InChI=1S/C16H24N6O3/c1-20-14-13(15(24)21(2)16(20)25)22(10-19-14)9-11(23)8-18-12-6-4-3-5-7-17-12/h10-11,23H,3-9H2,1-2H3,(H,17,18)/t11-/m0/s1. The van der Waals surface area contributed by atoms with Crippen molar-refractivity contribution in [3.63, 3.8) is 0 Å². The molecule has 0 saturated heterocycles. The molecule has 0 aromatic carbocycles. The van der Waals surface area contributed by atoms with Gasteiger partial charge in [-0.2, -0.15) is 0 Å². The average molecular weight is 348 g/mol. The molecule has 2 aromatic rings. The summed E-state index contributed by atoms with van der Waals surface area (Å²) in [7, 11) is 3.01. The third kappa shape index (κ3) is 3.51. The van der Waals surface area contributed by atoms with Gasteiger partial charge >= 0.3 is 5.69 Å². The van der Waals surface area contributed by atoms with E-state index in [4.69, 9.17) is 0 Å². The van der Waals surface area contributed by atoms with E-state index in [1.165, 1.54) is 24.4 Å². The minimum atomic E-state index is -0.703. The van der Waals surface area contributed by atoms with E-state index in [0.29, 0.717) is 17.7 Å². The first-order valence-electron chi connectivity index (χ1n) is 8.55. The van der Waals surface area contributed by atoms with E-state index < -0.39 is 17.4 Å². The molecule has 9 nitrogen and oxygen atoms in total. The maximum Gasteiger partial charge on any atom is 0.332 e. The van der Waals surface area contributed by atoms with Crippen LogP contribution in [0.25, 0.3) is 11.2 Å². The summed E-state index contributed by atoms with van der Waals surface area (Å²) in [6, 6.07) is 0. The first-order valence-corrected chi connectivity index (χ1v) is 8.55. The Morgan fingerprint density at radius 2 is 2.04 bits per heavy atom. The second kappa shape index (κ2) is 7.22. The monoisotopic (exact) mass is 348 g/mol. The lowest BCUT2D eigenvalue weighted by Gasteiger charge is -2.15. The number of nitrogens with one attached hydrogen (secondary N) is 1. The molecule has 0 bridgehead atoms. The van der Waals surface area contributed by atoms with Gasteiger partial charge < -0.3 is 15.0 Å². The number of nitrogens with zero attached hydrogens (tertiary/aromatic N) is 5. The van der Waals surface area contributed by atoms with Crippen LogP contribution in [0.15, 0.2) is 20.9 Å². The Morgan fingerprint density at radius 3 is 2.84 bits per heavy atom. The van der Waals surface area contributed by atoms with E-state index in [1.54, 1.807) is 11.6 Å². The van der Waals surface area contributed by atoms with Crippen molar-refractivity contribution in [3.05, 3.63) is 27.2 Å². The Bertz CT molecular complexity index is 907. The van der Waals surface area contributed by atoms with E-state index in [2.05, 4.69) is 15.3 Å². The van der Waals surface area contributed by atoms with E-state index >= 15 is 0 Å². The molecule has 0 unspecified atom stereocenters. The molecule has 0 fully saturated rings. The van der Waals surface area contributed by atoms with Crippen LogP contribution in [0.2, 0.25) is 0 Å². The largest absolute Gasteiger partial charge is 0.389 e. The summed E-state index contributed by atoms with van der Waals surface area (Å²) in [6.07, 6.45) is 5.08. The summed E-state index contributed by atoms with van der Waals surface area (Å²) in [5, 5.41) is 13.5. The van der Waals surface area contributed by atoms with Crippen LogP contribution in [0.3, 0.4) is 0 Å². The predicted molar refractivity (Wildman–Crippen MR) is 95.0 cm³/mol. The molecule has 136 valence electrons. The molecule has 3 rings (SSSR count). The lowest BCUT2D eigenvalue weighted by atomic mass is 10.2. The number of aryl methyl sites for hydroxylation is 1. The molecule has 0 saturated carbocycles. The molecule has 0 spiro atoms. The number of hydrogen-bond acceptors (Lipinski definition) is 6. The third-order valence-corrected chi connectivity index (χ3v) is 4.54. The number of hydrogen-bond donors (Lipinski definition) is 2. The van der Waals surface area contributed by atoms with Gasteiger partial charge in [-0.3, -0.25) is 18.9 Å². The van der Waals surface area contributed by atoms with Crippen LogP contribution in [-0.2, 0) is 20.6 Å². The summed E-state index contributed by atoms with van der Waals surface area (Å²) < 4.78 is 3.97. The Morgan fingerprint density at radius 1 is 1.24 bits per heavy atom. The number of fused-ring (bicyclic) bond motifs is 1. The molecule has 25 heavy (non-hydrogen) atoms. The van der Waals surface area contributed by atoms with E-state index in [0.717, 1.165) is 36.2 Å². The highest BCUT2D eigenvalue weighted by Gasteiger charge is 2.16. The molecule has 0 aliphatic carbocycles. The van der Waals surface area contributed by atoms with Gasteiger partial charge in [-0.15, -0.1) is 0 Å². The highest BCUT2D eigenvalue weighted by molar-refractivity contribution is 5.82. The van der Waals surface area contributed by atoms with Crippen LogP contribution in [-0.4, -0.2) is 48.8 Å². The molecule has 2 N–H and O–H groups in total. The zero-order valence-electron chi connectivity index (χ0n) is 14.6. The smallest absolute Gasteiger partial charge is 0.332 e. The van der Waals surface area contributed by atoms with Crippen molar-refractivity contribution in [1.82, 2.24) is 24.0 Å². The second-order valence-corrected chi connectivity index (χ2v) is 6.45. The summed E-state index contributed by atoms with van der Waals surface area (Å²) in [5.74, 6) is 0.936. The molecule has 1 atom stereocenters. The Kier molecular flexibility index (Phi) is 5.03. The fourth-order valence-electron chi connectivity index (χ4n) is 3.08. The lowest BCUT2D eigenvalue weighted by molar-refractivity contribution is 0.158. The van der Waals surface area contributed by atoms with Crippen molar-refractivity contribution in [3.8, 4) is 0 Å². The maximum absolute atomic E-state index is 12.4. The molecule has 0 radical (unpaired) electrons. The molecule has 0 amide bonds. The number of amidine groups is 1. The molecule has 1 aliphatic rings. The number of aliphatic imine (C=N–C) groups is 1. The molecular formula is C16H24N6O3. The summed E-state index contributed by atoms with van der Waals surface area (Å²) in [4.78, 5) is 33.0. The summed E-state index contributed by atoms with van der Waals surface area (Å²) in [5.41, 5.74) is -0.197. The number of aliphatic hydroxyl groups excluding tert-OH is 1. The van der Waals surface area contributed by atoms with Gasteiger partial charge in [-0.05, 0) is 12.8 Å². The Balaban J connectivity index is 1.75. The molecule has 9 heteroatoms. The summed E-state index contributed by atoms with van der Waals surface area (Å²) >= 11 is 0. The molecule has 2 aromatic heterocycles. The quantitative estimate of drug-likeness (QED) is 0.764. The Hall–Kier alpha value is -2.42.